The first kappa shape index (κ1) is 12.2. The molecule has 0 saturated heterocycles. The molecular formula is C12H18N2O3. The molecule has 5 nitrogen and oxygen atoms in total. The van der Waals surface area contributed by atoms with Crippen LogP contribution in [0.25, 0.3) is 0 Å². The Balaban J connectivity index is 2.13. The molecule has 1 unspecified atom stereocenters. The predicted molar refractivity (Wildman–Crippen MR) is 64.3 cm³/mol. The van der Waals surface area contributed by atoms with Crippen LogP contribution >= 0.6 is 0 Å². The average Bonchev–Trinajstić information content (AvgIpc) is 2.39. The monoisotopic (exact) mass is 238 g/mol. The first-order valence-electron chi connectivity index (χ1n) is 5.79. The Hall–Kier alpha value is -1.30. The highest BCUT2D eigenvalue weighted by molar-refractivity contribution is 5.44. The van der Waals surface area contributed by atoms with Gasteiger partial charge in [-0.05, 0) is 17.7 Å². The average molecular weight is 238 g/mol. The molecule has 5 heteroatoms. The van der Waals surface area contributed by atoms with Crippen LogP contribution in [-0.4, -0.2) is 38.0 Å². The highest BCUT2D eigenvalue weighted by Crippen LogP contribution is 2.32. The predicted octanol–water partition coefficient (Wildman–Crippen LogP) is 0.0395. The zero-order valence-electron chi connectivity index (χ0n) is 9.69. The van der Waals surface area contributed by atoms with E-state index in [0.717, 1.165) is 17.1 Å². The molecule has 17 heavy (non-hydrogen) atoms. The van der Waals surface area contributed by atoms with Gasteiger partial charge >= 0.3 is 0 Å². The van der Waals surface area contributed by atoms with Crippen LogP contribution in [0.3, 0.4) is 0 Å². The quantitative estimate of drug-likeness (QED) is 0.675. The summed E-state index contributed by atoms with van der Waals surface area (Å²) in [5.41, 5.74) is 6.75. The molecule has 0 saturated carbocycles. The Bertz CT molecular complexity index is 371. The van der Waals surface area contributed by atoms with Crippen molar-refractivity contribution in [1.29, 1.82) is 0 Å². The number of nitrogens with one attached hydrogen (secondary N) is 1. The topological polar surface area (TPSA) is 76.7 Å². The third-order valence-corrected chi connectivity index (χ3v) is 2.71. The molecule has 4 N–H and O–H groups in total. The third-order valence-electron chi connectivity index (χ3n) is 2.71. The van der Waals surface area contributed by atoms with Crippen LogP contribution in [-0.2, 0) is 0 Å². The lowest BCUT2D eigenvalue weighted by Crippen LogP contribution is -2.30. The fourth-order valence-corrected chi connectivity index (χ4v) is 1.85. The first-order chi connectivity index (χ1) is 8.35. The summed E-state index contributed by atoms with van der Waals surface area (Å²) < 4.78 is 11.0. The Labute approximate surface area is 101 Å². The Kier molecular flexibility index (Phi) is 4.19. The molecule has 1 aliphatic heterocycles. The van der Waals surface area contributed by atoms with E-state index < -0.39 is 0 Å². The van der Waals surface area contributed by atoms with Gasteiger partial charge in [-0.15, -0.1) is 0 Å². The van der Waals surface area contributed by atoms with Gasteiger partial charge in [-0.25, -0.2) is 0 Å². The van der Waals surface area contributed by atoms with Crippen LogP contribution < -0.4 is 20.5 Å². The normalized spacial score (nSPS) is 15.6. The minimum absolute atomic E-state index is 0.0259. The SMILES string of the molecule is NCC(NCCO)c1ccc2c(c1)OCCO2. The molecule has 0 spiro atoms. The van der Waals surface area contributed by atoms with Gasteiger partial charge in [0, 0.05) is 19.1 Å². The highest BCUT2D eigenvalue weighted by Gasteiger charge is 2.15. The lowest BCUT2D eigenvalue weighted by Gasteiger charge is -2.22. The Morgan fingerprint density at radius 2 is 2.06 bits per heavy atom. The van der Waals surface area contributed by atoms with Crippen molar-refractivity contribution in [3.05, 3.63) is 23.8 Å². The van der Waals surface area contributed by atoms with Crippen molar-refractivity contribution < 1.29 is 14.6 Å². The summed E-state index contributed by atoms with van der Waals surface area (Å²) in [6.07, 6.45) is 0. The summed E-state index contributed by atoms with van der Waals surface area (Å²) >= 11 is 0. The van der Waals surface area contributed by atoms with Crippen molar-refractivity contribution in [1.82, 2.24) is 5.32 Å². The number of hydrogen-bond acceptors (Lipinski definition) is 5. The Morgan fingerprint density at radius 1 is 1.29 bits per heavy atom. The van der Waals surface area contributed by atoms with Gasteiger partial charge < -0.3 is 25.6 Å². The summed E-state index contributed by atoms with van der Waals surface area (Å²) in [6, 6.07) is 5.83. The molecule has 1 aromatic rings. The van der Waals surface area contributed by atoms with E-state index in [9.17, 15) is 0 Å². The summed E-state index contributed by atoms with van der Waals surface area (Å²) in [4.78, 5) is 0. The molecule has 1 atom stereocenters. The minimum atomic E-state index is 0.0259. The molecule has 0 aliphatic carbocycles. The van der Waals surface area contributed by atoms with E-state index in [1.54, 1.807) is 0 Å². The van der Waals surface area contributed by atoms with Gasteiger partial charge in [0.15, 0.2) is 11.5 Å². The summed E-state index contributed by atoms with van der Waals surface area (Å²) in [6.45, 7) is 2.26. The van der Waals surface area contributed by atoms with E-state index >= 15 is 0 Å². The van der Waals surface area contributed by atoms with Crippen molar-refractivity contribution in [2.45, 2.75) is 6.04 Å². The van der Waals surface area contributed by atoms with E-state index in [4.69, 9.17) is 20.3 Å². The largest absolute Gasteiger partial charge is 0.486 e. The number of aliphatic hydroxyl groups is 1. The second kappa shape index (κ2) is 5.86. The minimum Gasteiger partial charge on any atom is -0.486 e. The van der Waals surface area contributed by atoms with Crippen LogP contribution in [0.2, 0.25) is 0 Å². The third kappa shape index (κ3) is 2.88. The molecule has 0 bridgehead atoms. The second-order valence-corrected chi connectivity index (χ2v) is 3.87. The zero-order chi connectivity index (χ0) is 12.1. The van der Waals surface area contributed by atoms with Crippen LogP contribution in [0.5, 0.6) is 11.5 Å². The van der Waals surface area contributed by atoms with E-state index in [1.165, 1.54) is 0 Å². The van der Waals surface area contributed by atoms with Crippen LogP contribution in [0.4, 0.5) is 0 Å². The fraction of sp³-hybridized carbons (Fsp3) is 0.500. The molecule has 1 aliphatic rings. The lowest BCUT2D eigenvalue weighted by atomic mass is 10.1. The number of aliphatic hydroxyl groups excluding tert-OH is 1. The maximum atomic E-state index is 8.80. The van der Waals surface area contributed by atoms with Crippen molar-refractivity contribution in [3.63, 3.8) is 0 Å². The van der Waals surface area contributed by atoms with Crippen molar-refractivity contribution in [2.75, 3.05) is 32.9 Å². The fourth-order valence-electron chi connectivity index (χ4n) is 1.85. The summed E-state index contributed by atoms with van der Waals surface area (Å²) in [7, 11) is 0. The molecule has 94 valence electrons. The van der Waals surface area contributed by atoms with E-state index in [-0.39, 0.29) is 12.6 Å². The number of nitrogens with two attached hydrogens (primary N) is 1. The van der Waals surface area contributed by atoms with Gasteiger partial charge in [0.2, 0.25) is 0 Å². The lowest BCUT2D eigenvalue weighted by molar-refractivity contribution is 0.171. The number of rotatable bonds is 5. The molecule has 1 heterocycles. The smallest absolute Gasteiger partial charge is 0.161 e. The van der Waals surface area contributed by atoms with E-state index in [2.05, 4.69) is 5.32 Å². The molecule has 1 aromatic carbocycles. The maximum Gasteiger partial charge on any atom is 0.161 e. The highest BCUT2D eigenvalue weighted by atomic mass is 16.6. The summed E-state index contributed by atoms with van der Waals surface area (Å²) in [5.74, 6) is 1.54. The van der Waals surface area contributed by atoms with Gasteiger partial charge in [-0.1, -0.05) is 6.07 Å². The van der Waals surface area contributed by atoms with Gasteiger partial charge in [-0.3, -0.25) is 0 Å². The van der Waals surface area contributed by atoms with Crippen molar-refractivity contribution in [3.8, 4) is 11.5 Å². The molecule has 0 fully saturated rings. The maximum absolute atomic E-state index is 8.80. The van der Waals surface area contributed by atoms with Gasteiger partial charge in [0.1, 0.15) is 13.2 Å². The summed E-state index contributed by atoms with van der Waals surface area (Å²) in [5, 5.41) is 12.0. The second-order valence-electron chi connectivity index (χ2n) is 3.87. The number of fused-ring (bicyclic) bond motifs is 1. The van der Waals surface area contributed by atoms with E-state index in [0.29, 0.717) is 26.3 Å². The number of hydrogen-bond donors (Lipinski definition) is 3. The molecule has 0 amide bonds. The zero-order valence-corrected chi connectivity index (χ0v) is 9.69. The van der Waals surface area contributed by atoms with Gasteiger partial charge in [0.05, 0.1) is 6.61 Å². The van der Waals surface area contributed by atoms with Crippen LogP contribution in [0.1, 0.15) is 11.6 Å². The van der Waals surface area contributed by atoms with Crippen molar-refractivity contribution in [2.24, 2.45) is 5.73 Å². The standard InChI is InChI=1S/C12H18N2O3/c13-8-10(14-3-4-15)9-1-2-11-12(7-9)17-6-5-16-11/h1-2,7,10,14-15H,3-6,8,13H2. The number of benzene rings is 1. The van der Waals surface area contributed by atoms with Crippen LogP contribution in [0, 0.1) is 0 Å². The molecular weight excluding hydrogens is 220 g/mol. The van der Waals surface area contributed by atoms with E-state index in [1.807, 2.05) is 18.2 Å². The first-order valence-corrected chi connectivity index (χ1v) is 5.79. The van der Waals surface area contributed by atoms with Crippen LogP contribution in [0.15, 0.2) is 18.2 Å². The molecule has 2 rings (SSSR count). The van der Waals surface area contributed by atoms with Gasteiger partial charge in [-0.2, -0.15) is 0 Å². The molecule has 0 radical (unpaired) electrons. The van der Waals surface area contributed by atoms with Gasteiger partial charge in [0.25, 0.3) is 0 Å². The van der Waals surface area contributed by atoms with Crippen molar-refractivity contribution >= 4 is 0 Å². The number of ether oxygens (including phenoxy) is 2. The molecule has 0 aromatic heterocycles. The Morgan fingerprint density at radius 3 is 2.76 bits per heavy atom.